The highest BCUT2D eigenvalue weighted by molar-refractivity contribution is 5.71. The second kappa shape index (κ2) is 61.7. The van der Waals surface area contributed by atoms with Crippen molar-refractivity contribution in [2.75, 3.05) is 13.2 Å². The Morgan fingerprint density at radius 2 is 0.521 bits per heavy atom. The number of hydrogen-bond donors (Lipinski definition) is 0. The lowest BCUT2D eigenvalue weighted by Crippen LogP contribution is -2.30. The summed E-state index contributed by atoms with van der Waals surface area (Å²) < 4.78 is 16.9. The number of ether oxygens (including phenoxy) is 3. The molecule has 424 valence electrons. The van der Waals surface area contributed by atoms with Gasteiger partial charge in [-0.25, -0.2) is 0 Å². The third-order valence-electron chi connectivity index (χ3n) is 14.0. The van der Waals surface area contributed by atoms with Gasteiger partial charge in [-0.3, -0.25) is 14.4 Å². The maximum Gasteiger partial charge on any atom is 0.306 e. The van der Waals surface area contributed by atoms with Crippen molar-refractivity contribution in [3.8, 4) is 0 Å². The van der Waals surface area contributed by atoms with Crippen molar-refractivity contribution in [1.82, 2.24) is 0 Å². The first-order valence-electron chi connectivity index (χ1n) is 31.8. The number of hydrogen-bond acceptors (Lipinski definition) is 6. The minimum Gasteiger partial charge on any atom is -0.462 e. The number of unbranched alkanes of at least 4 members (excludes halogenated alkanes) is 37. The van der Waals surface area contributed by atoms with Crippen LogP contribution in [-0.2, 0) is 28.6 Å². The Hall–Kier alpha value is -2.89. The lowest BCUT2D eigenvalue weighted by Gasteiger charge is -2.18. The van der Waals surface area contributed by atoms with E-state index in [1.54, 1.807) is 0 Å². The molecule has 73 heavy (non-hydrogen) atoms. The van der Waals surface area contributed by atoms with Crippen molar-refractivity contribution in [2.24, 2.45) is 0 Å². The van der Waals surface area contributed by atoms with E-state index in [-0.39, 0.29) is 37.5 Å². The van der Waals surface area contributed by atoms with Crippen molar-refractivity contribution in [1.29, 1.82) is 0 Å². The largest absolute Gasteiger partial charge is 0.462 e. The predicted molar refractivity (Wildman–Crippen MR) is 316 cm³/mol. The molecule has 6 heteroatoms. The molecule has 0 unspecified atom stereocenters. The molecule has 0 aromatic carbocycles. The molecule has 0 aliphatic heterocycles. The lowest BCUT2D eigenvalue weighted by molar-refractivity contribution is -0.166. The highest BCUT2D eigenvalue weighted by Crippen LogP contribution is 2.17. The molecular weight excluding hydrogens is 901 g/mol. The van der Waals surface area contributed by atoms with Gasteiger partial charge in [0.15, 0.2) is 6.10 Å². The Balaban J connectivity index is 4.43. The van der Waals surface area contributed by atoms with E-state index in [1.807, 2.05) is 6.08 Å². The van der Waals surface area contributed by atoms with Crippen molar-refractivity contribution < 1.29 is 28.6 Å². The van der Waals surface area contributed by atoms with E-state index in [1.165, 1.54) is 218 Å². The summed E-state index contributed by atoms with van der Waals surface area (Å²) in [5.41, 5.74) is 0. The minimum absolute atomic E-state index is 0.0923. The predicted octanol–water partition coefficient (Wildman–Crippen LogP) is 21.6. The van der Waals surface area contributed by atoms with Crippen molar-refractivity contribution in [2.45, 2.75) is 335 Å². The summed E-state index contributed by atoms with van der Waals surface area (Å²) in [6.45, 7) is 6.60. The van der Waals surface area contributed by atoms with Gasteiger partial charge in [-0.2, -0.15) is 0 Å². The average Bonchev–Trinajstić information content (AvgIpc) is 3.39. The molecule has 0 saturated heterocycles. The van der Waals surface area contributed by atoms with E-state index < -0.39 is 6.10 Å². The molecule has 1 atom stereocenters. The molecule has 0 aliphatic carbocycles. The third-order valence-corrected chi connectivity index (χ3v) is 14.0. The summed E-state index contributed by atoms with van der Waals surface area (Å²) in [6, 6.07) is 0. The molecule has 0 heterocycles. The maximum absolute atomic E-state index is 12.9. The lowest BCUT2D eigenvalue weighted by atomic mass is 10.0. The minimum atomic E-state index is -0.802. The van der Waals surface area contributed by atoms with Crippen LogP contribution in [0, 0.1) is 0 Å². The number of esters is 3. The van der Waals surface area contributed by atoms with E-state index in [4.69, 9.17) is 14.2 Å². The van der Waals surface area contributed by atoms with Crippen LogP contribution in [0.25, 0.3) is 0 Å². The van der Waals surface area contributed by atoms with E-state index in [2.05, 4.69) is 75.5 Å². The first kappa shape index (κ1) is 70.1. The molecule has 6 nitrogen and oxygen atoms in total. The van der Waals surface area contributed by atoms with Gasteiger partial charge in [-0.1, -0.05) is 313 Å². The van der Waals surface area contributed by atoms with Crippen LogP contribution in [0.3, 0.4) is 0 Å². The fourth-order valence-electron chi connectivity index (χ4n) is 9.25. The zero-order valence-corrected chi connectivity index (χ0v) is 48.7. The summed E-state index contributed by atoms with van der Waals surface area (Å²) in [4.78, 5) is 38.3. The van der Waals surface area contributed by atoms with Crippen LogP contribution in [-0.4, -0.2) is 37.2 Å². The first-order valence-corrected chi connectivity index (χ1v) is 31.8. The molecule has 0 spiro atoms. The molecule has 0 fully saturated rings. The maximum atomic E-state index is 12.9. The molecule has 0 aliphatic rings. The molecule has 0 amide bonds. The molecule has 0 rings (SSSR count). The van der Waals surface area contributed by atoms with E-state index in [9.17, 15) is 14.4 Å². The summed E-state index contributed by atoms with van der Waals surface area (Å²) in [6.07, 6.45) is 78.0. The number of carbonyl (C=O) groups is 3. The summed E-state index contributed by atoms with van der Waals surface area (Å²) in [5.74, 6) is -0.958. The van der Waals surface area contributed by atoms with Crippen LogP contribution < -0.4 is 0 Å². The van der Waals surface area contributed by atoms with E-state index in [0.717, 1.165) is 64.2 Å². The van der Waals surface area contributed by atoms with Gasteiger partial charge in [-0.05, 0) is 57.8 Å². The highest BCUT2D eigenvalue weighted by Gasteiger charge is 2.19. The molecular formula is C67H120O6. The van der Waals surface area contributed by atoms with Gasteiger partial charge in [-0.15, -0.1) is 0 Å². The van der Waals surface area contributed by atoms with Crippen LogP contribution in [0.4, 0.5) is 0 Å². The summed E-state index contributed by atoms with van der Waals surface area (Å²) in [5, 5.41) is 0. The summed E-state index contributed by atoms with van der Waals surface area (Å²) in [7, 11) is 0. The van der Waals surface area contributed by atoms with Crippen LogP contribution in [0.2, 0.25) is 0 Å². The van der Waals surface area contributed by atoms with Crippen molar-refractivity contribution in [3.63, 3.8) is 0 Å². The topological polar surface area (TPSA) is 78.9 Å². The fraction of sp³-hybridized carbons (Fsp3) is 0.806. The Labute approximate surface area is 453 Å². The van der Waals surface area contributed by atoms with Crippen LogP contribution in [0.15, 0.2) is 60.8 Å². The zero-order valence-electron chi connectivity index (χ0n) is 48.7. The van der Waals surface area contributed by atoms with Gasteiger partial charge >= 0.3 is 17.9 Å². The first-order chi connectivity index (χ1) is 36.0. The smallest absolute Gasteiger partial charge is 0.306 e. The van der Waals surface area contributed by atoms with Crippen molar-refractivity contribution >= 4 is 17.9 Å². The number of allylic oxidation sites excluding steroid dienone is 10. The number of rotatable bonds is 58. The van der Waals surface area contributed by atoms with E-state index >= 15 is 0 Å². The Morgan fingerprint density at radius 1 is 0.274 bits per heavy atom. The third kappa shape index (κ3) is 59.9. The normalized spacial score (nSPS) is 12.4. The molecule has 0 N–H and O–H groups in total. The molecule has 0 bridgehead atoms. The average molecular weight is 1020 g/mol. The molecule has 0 aromatic heterocycles. The van der Waals surface area contributed by atoms with Gasteiger partial charge in [0.05, 0.1) is 0 Å². The van der Waals surface area contributed by atoms with Gasteiger partial charge in [0, 0.05) is 19.3 Å². The van der Waals surface area contributed by atoms with Crippen LogP contribution >= 0.6 is 0 Å². The van der Waals surface area contributed by atoms with Crippen molar-refractivity contribution in [3.05, 3.63) is 60.8 Å². The monoisotopic (exact) mass is 1020 g/mol. The van der Waals surface area contributed by atoms with Crippen LogP contribution in [0.5, 0.6) is 0 Å². The van der Waals surface area contributed by atoms with Gasteiger partial charge in [0.1, 0.15) is 13.2 Å². The second-order valence-corrected chi connectivity index (χ2v) is 21.3. The Bertz CT molecular complexity index is 1310. The number of carbonyl (C=O) groups excluding carboxylic acids is 3. The zero-order chi connectivity index (χ0) is 52.9. The highest BCUT2D eigenvalue weighted by atomic mass is 16.6. The van der Waals surface area contributed by atoms with Crippen LogP contribution in [0.1, 0.15) is 329 Å². The Kier molecular flexibility index (Phi) is 59.2. The molecule has 0 aromatic rings. The van der Waals surface area contributed by atoms with Gasteiger partial charge in [0.2, 0.25) is 0 Å². The van der Waals surface area contributed by atoms with Gasteiger partial charge < -0.3 is 14.2 Å². The second-order valence-electron chi connectivity index (χ2n) is 21.3. The van der Waals surface area contributed by atoms with E-state index in [0.29, 0.717) is 19.3 Å². The van der Waals surface area contributed by atoms with Gasteiger partial charge in [0.25, 0.3) is 0 Å². The fourth-order valence-corrected chi connectivity index (χ4v) is 9.25. The molecule has 0 saturated carbocycles. The Morgan fingerprint density at radius 3 is 0.849 bits per heavy atom. The molecule has 0 radical (unpaired) electrons. The summed E-state index contributed by atoms with van der Waals surface area (Å²) >= 11 is 0. The standard InChI is InChI=1S/C67H120O6/c1-4-7-10-13-16-19-22-25-28-31-33-36-38-41-44-47-50-53-56-59-65(68)71-62-64(73-67(70)61-58-55-52-49-46-43-40-35-30-27-24-21-18-15-12-9-6-3)63-72-66(69)60-57-54-51-48-45-42-39-37-34-32-29-26-23-20-17-14-11-8-5-2/h16,19,25,28,33,36,41,44,50,53,64H,4-15,17-18,20-24,26-27,29-32,34-35,37-40,42-43,45-49,51-52,54-63H2,1-3H3/b19-16-,28-25-,36-33-,44-41-,53-50-/t64-/m1/s1. The SMILES string of the molecule is CCCCC/C=C\C/C=C\C/C=C\C/C=C\C/C=C\CCC(=O)OC[C@H](COC(=O)CCCCCCCCCCCCCCCCCCCCC)OC(=O)CCCCCCCCCCCCCCCCCCC. The quantitative estimate of drug-likeness (QED) is 0.0261.